The Bertz CT molecular complexity index is 1030. The van der Waals surface area contributed by atoms with E-state index in [1.165, 1.54) is 12.1 Å². The van der Waals surface area contributed by atoms with Gasteiger partial charge >= 0.3 is 0 Å². The number of benzene rings is 1. The van der Waals surface area contributed by atoms with E-state index in [0.717, 1.165) is 21.4 Å². The maximum absolute atomic E-state index is 13.3. The molecule has 2 aromatic heterocycles. The van der Waals surface area contributed by atoms with Crippen molar-refractivity contribution in [3.8, 4) is 0 Å². The first-order chi connectivity index (χ1) is 13.2. The van der Waals surface area contributed by atoms with Crippen LogP contribution in [0.1, 0.15) is 35.6 Å². The molecule has 0 spiro atoms. The minimum Gasteiger partial charge on any atom is -0.321 e. The lowest BCUT2D eigenvalue weighted by Crippen LogP contribution is -2.24. The molecule has 148 valence electrons. The Morgan fingerprint density at radius 2 is 2.00 bits per heavy atom. The number of nitrogens with one attached hydrogen (secondary N) is 1. The largest absolute Gasteiger partial charge is 0.321 e. The van der Waals surface area contributed by atoms with Crippen LogP contribution in [-0.2, 0) is 11.3 Å². The van der Waals surface area contributed by atoms with Gasteiger partial charge in [-0.1, -0.05) is 17.7 Å². The molecule has 2 heterocycles. The molecule has 0 fully saturated rings. The molecule has 0 aliphatic carbocycles. The number of aromatic nitrogens is 4. The number of carbonyl (C=O) groups excluding carboxylic acids is 1. The van der Waals surface area contributed by atoms with E-state index in [-0.39, 0.29) is 11.7 Å². The van der Waals surface area contributed by atoms with Gasteiger partial charge < -0.3 is 5.32 Å². The summed E-state index contributed by atoms with van der Waals surface area (Å²) in [6.07, 6.45) is 1.78. The lowest BCUT2D eigenvalue weighted by molar-refractivity contribution is -0.119. The summed E-state index contributed by atoms with van der Waals surface area (Å²) in [7, 11) is 0. The predicted octanol–water partition coefficient (Wildman–Crippen LogP) is 4.81. The van der Waals surface area contributed by atoms with E-state index in [1.54, 1.807) is 28.6 Å². The molecule has 1 unspecified atom stereocenters. The average Bonchev–Trinajstić information content (AvgIpc) is 3.10. The van der Waals surface area contributed by atoms with Crippen LogP contribution in [0.2, 0.25) is 5.02 Å². The van der Waals surface area contributed by atoms with Crippen LogP contribution in [0.25, 0.3) is 0 Å². The molecule has 0 bridgehead atoms. The highest BCUT2D eigenvalue weighted by molar-refractivity contribution is 9.10. The first-order valence-corrected chi connectivity index (χ1v) is 9.84. The third-order valence-electron chi connectivity index (χ3n) is 4.60. The summed E-state index contributed by atoms with van der Waals surface area (Å²) in [5.41, 5.74) is 3.69. The first-order valence-electron chi connectivity index (χ1n) is 8.67. The van der Waals surface area contributed by atoms with Gasteiger partial charge in [-0.2, -0.15) is 10.2 Å². The van der Waals surface area contributed by atoms with Gasteiger partial charge in [0.15, 0.2) is 0 Å². The Morgan fingerprint density at radius 1 is 1.29 bits per heavy atom. The number of carbonyl (C=O) groups is 1. The van der Waals surface area contributed by atoms with E-state index in [0.29, 0.717) is 22.9 Å². The molecular weight excluding hydrogens is 449 g/mol. The van der Waals surface area contributed by atoms with Crippen LogP contribution in [-0.4, -0.2) is 25.5 Å². The molecule has 6 nitrogen and oxygen atoms in total. The maximum atomic E-state index is 13.3. The monoisotopic (exact) mass is 467 g/mol. The zero-order chi connectivity index (χ0) is 20.6. The first kappa shape index (κ1) is 20.5. The lowest BCUT2D eigenvalue weighted by atomic mass is 10.2. The second-order valence-electron chi connectivity index (χ2n) is 6.65. The third-order valence-corrected chi connectivity index (χ3v) is 5.73. The van der Waals surface area contributed by atoms with Crippen LogP contribution in [0, 0.1) is 26.6 Å². The fourth-order valence-corrected chi connectivity index (χ4v) is 3.36. The SMILES string of the molecule is Cc1nn(C(C)C(=O)Nc2c(C)nn(Cc3ccc(F)cc3Cl)c2C)cc1Br. The molecule has 28 heavy (non-hydrogen) atoms. The second kappa shape index (κ2) is 8.05. The highest BCUT2D eigenvalue weighted by atomic mass is 79.9. The molecule has 0 aliphatic rings. The standard InChI is InChI=1S/C19H20BrClFN5O/c1-10-16(20)9-27(24-10)13(4)19(28)23-18-11(2)25-26(12(18)3)8-14-5-6-15(22)7-17(14)21/h5-7,9,13H,8H2,1-4H3,(H,23,28). The number of halogens is 3. The Hall–Kier alpha value is -2.19. The molecule has 1 N–H and O–H groups in total. The van der Waals surface area contributed by atoms with E-state index >= 15 is 0 Å². The van der Waals surface area contributed by atoms with Gasteiger partial charge in [0.1, 0.15) is 11.9 Å². The van der Waals surface area contributed by atoms with Crippen molar-refractivity contribution in [3.63, 3.8) is 0 Å². The highest BCUT2D eigenvalue weighted by Gasteiger charge is 2.21. The molecule has 0 radical (unpaired) electrons. The normalized spacial score (nSPS) is 12.2. The third kappa shape index (κ3) is 4.12. The second-order valence-corrected chi connectivity index (χ2v) is 7.91. The van der Waals surface area contributed by atoms with Crippen molar-refractivity contribution in [1.29, 1.82) is 0 Å². The average molecular weight is 469 g/mol. The number of anilines is 1. The van der Waals surface area contributed by atoms with Crippen molar-refractivity contribution in [2.45, 2.75) is 40.3 Å². The topological polar surface area (TPSA) is 64.7 Å². The van der Waals surface area contributed by atoms with E-state index < -0.39 is 6.04 Å². The Labute approximate surface area is 175 Å². The molecule has 0 aliphatic heterocycles. The zero-order valence-electron chi connectivity index (χ0n) is 15.9. The summed E-state index contributed by atoms with van der Waals surface area (Å²) in [5.74, 6) is -0.579. The zero-order valence-corrected chi connectivity index (χ0v) is 18.3. The molecular formula is C19H20BrClFN5O. The fraction of sp³-hybridized carbons (Fsp3) is 0.316. The van der Waals surface area contributed by atoms with E-state index in [1.807, 2.05) is 20.8 Å². The number of rotatable bonds is 5. The van der Waals surface area contributed by atoms with E-state index in [2.05, 4.69) is 31.4 Å². The fourth-order valence-electron chi connectivity index (χ4n) is 2.85. The number of amides is 1. The number of hydrogen-bond donors (Lipinski definition) is 1. The smallest absolute Gasteiger partial charge is 0.249 e. The summed E-state index contributed by atoms with van der Waals surface area (Å²) < 4.78 is 17.5. The van der Waals surface area contributed by atoms with Crippen molar-refractivity contribution >= 4 is 39.1 Å². The summed E-state index contributed by atoms with van der Waals surface area (Å²) in [6.45, 7) is 7.71. The lowest BCUT2D eigenvalue weighted by Gasteiger charge is -2.13. The van der Waals surface area contributed by atoms with Crippen LogP contribution < -0.4 is 5.32 Å². The Kier molecular flexibility index (Phi) is 5.90. The van der Waals surface area contributed by atoms with Gasteiger partial charge in [-0.25, -0.2) is 4.39 Å². The van der Waals surface area contributed by atoms with Crippen molar-refractivity contribution < 1.29 is 9.18 Å². The molecule has 1 atom stereocenters. The van der Waals surface area contributed by atoms with Crippen LogP contribution in [0.3, 0.4) is 0 Å². The number of aryl methyl sites for hydroxylation is 2. The predicted molar refractivity (Wildman–Crippen MR) is 110 cm³/mol. The molecule has 1 amide bonds. The summed E-state index contributed by atoms with van der Waals surface area (Å²) >= 11 is 9.53. The molecule has 3 aromatic rings. The molecule has 0 saturated carbocycles. The van der Waals surface area contributed by atoms with Crippen molar-refractivity contribution in [1.82, 2.24) is 19.6 Å². The van der Waals surface area contributed by atoms with E-state index in [4.69, 9.17) is 11.6 Å². The van der Waals surface area contributed by atoms with Gasteiger partial charge in [-0.3, -0.25) is 14.2 Å². The minimum absolute atomic E-state index is 0.194. The van der Waals surface area contributed by atoms with Gasteiger partial charge in [0.05, 0.1) is 33.8 Å². The highest BCUT2D eigenvalue weighted by Crippen LogP contribution is 2.25. The van der Waals surface area contributed by atoms with Crippen molar-refractivity contribution in [2.75, 3.05) is 5.32 Å². The van der Waals surface area contributed by atoms with Crippen molar-refractivity contribution in [2.24, 2.45) is 0 Å². The summed E-state index contributed by atoms with van der Waals surface area (Å²) in [4.78, 5) is 12.7. The molecule has 1 aromatic carbocycles. The van der Waals surface area contributed by atoms with Crippen LogP contribution in [0.5, 0.6) is 0 Å². The van der Waals surface area contributed by atoms with Gasteiger partial charge in [0, 0.05) is 11.2 Å². The van der Waals surface area contributed by atoms with Crippen LogP contribution >= 0.6 is 27.5 Å². The Balaban J connectivity index is 1.80. The minimum atomic E-state index is -0.487. The van der Waals surface area contributed by atoms with Crippen LogP contribution in [0.15, 0.2) is 28.9 Å². The molecule has 0 saturated heterocycles. The Morgan fingerprint density at radius 3 is 2.61 bits per heavy atom. The van der Waals surface area contributed by atoms with Crippen molar-refractivity contribution in [3.05, 3.63) is 62.4 Å². The number of nitrogens with zero attached hydrogens (tertiary/aromatic N) is 4. The summed E-state index contributed by atoms with van der Waals surface area (Å²) in [5, 5.41) is 12.1. The maximum Gasteiger partial charge on any atom is 0.249 e. The van der Waals surface area contributed by atoms with Gasteiger partial charge in [0.2, 0.25) is 5.91 Å². The van der Waals surface area contributed by atoms with E-state index in [9.17, 15) is 9.18 Å². The summed E-state index contributed by atoms with van der Waals surface area (Å²) in [6, 6.07) is 3.78. The number of hydrogen-bond acceptors (Lipinski definition) is 3. The molecule has 9 heteroatoms. The molecule has 3 rings (SSSR count). The van der Waals surface area contributed by atoms with Crippen LogP contribution in [0.4, 0.5) is 10.1 Å². The van der Waals surface area contributed by atoms with Gasteiger partial charge in [0.25, 0.3) is 0 Å². The van der Waals surface area contributed by atoms with Gasteiger partial charge in [-0.05, 0) is 61.3 Å². The van der Waals surface area contributed by atoms with Gasteiger partial charge in [-0.15, -0.1) is 0 Å². The quantitative estimate of drug-likeness (QED) is 0.584.